The summed E-state index contributed by atoms with van der Waals surface area (Å²) in [5.74, 6) is -2.73. The van der Waals surface area contributed by atoms with Gasteiger partial charge in [-0.3, -0.25) is 14.4 Å². The zero-order chi connectivity index (χ0) is 25.4. The molecule has 0 heterocycles. The van der Waals surface area contributed by atoms with Gasteiger partial charge in [0.2, 0.25) is 0 Å². The van der Waals surface area contributed by atoms with Crippen LogP contribution in [0.15, 0.2) is 0 Å². The molecule has 0 spiro atoms. The molecule has 0 saturated heterocycles. The van der Waals surface area contributed by atoms with Gasteiger partial charge in [0.1, 0.15) is 0 Å². The first-order valence-corrected chi connectivity index (χ1v) is 9.42. The number of aliphatic hydroxyl groups is 1. The molecule has 0 aromatic rings. The normalized spacial score (nSPS) is 8.34. The Hall–Kier alpha value is -2.30. The fraction of sp³-hybridized carbons (Fsp3) is 0.571. The number of carbonyl (C=O) groups excluding carboxylic acids is 6. The number of aliphatic hydroxyl groups excluding tert-OH is 1. The maximum absolute atomic E-state index is 10.4. The van der Waals surface area contributed by atoms with Crippen LogP contribution < -0.4 is 0 Å². The second kappa shape index (κ2) is 28.7. The summed E-state index contributed by atoms with van der Waals surface area (Å²) < 4.78 is 13.4. The predicted molar refractivity (Wildman–Crippen MR) is 112 cm³/mol. The Morgan fingerprint density at radius 3 is 0.875 bits per heavy atom. The first-order chi connectivity index (χ1) is 14.2. The molecule has 0 rings (SSSR count). The quantitative estimate of drug-likeness (QED) is 0.163. The van der Waals surface area contributed by atoms with E-state index in [1.807, 2.05) is 0 Å². The molecule has 0 aliphatic rings. The number of hydrogen-bond acceptors (Lipinski definition) is 10. The van der Waals surface area contributed by atoms with Crippen LogP contribution in [0.3, 0.4) is 0 Å². The molecular formula is C21H35O10Ti. The second-order valence-electron chi connectivity index (χ2n) is 5.66. The summed E-state index contributed by atoms with van der Waals surface area (Å²) in [7, 11) is 0. The molecule has 0 aromatic carbocycles. The summed E-state index contributed by atoms with van der Waals surface area (Å²) in [5.41, 5.74) is 0. The number of esters is 3. The van der Waals surface area contributed by atoms with Gasteiger partial charge < -0.3 is 54.5 Å². The standard InChI is InChI=1S/3C6H9O3.C3H8O.Ti/c3*1-3-9-6(8)4-5(2)7;1-3(2)4;/h3*2-4H2,1H3;3-4H,1-2H3;/q3*-1;;+3. The molecule has 11 heteroatoms. The molecule has 0 unspecified atom stereocenters. The molecular weight excluding hydrogens is 460 g/mol. The molecule has 10 nitrogen and oxygen atoms in total. The van der Waals surface area contributed by atoms with Gasteiger partial charge in [0.25, 0.3) is 0 Å². The summed E-state index contributed by atoms with van der Waals surface area (Å²) in [6.07, 6.45) is -0.810. The van der Waals surface area contributed by atoms with E-state index < -0.39 is 35.3 Å². The number of ketones is 3. The molecule has 1 radical (unpaired) electrons. The van der Waals surface area contributed by atoms with Crippen molar-refractivity contribution >= 4 is 35.3 Å². The van der Waals surface area contributed by atoms with Crippen LogP contribution in [0.25, 0.3) is 0 Å². The minimum absolute atomic E-state index is 0. The van der Waals surface area contributed by atoms with E-state index in [9.17, 15) is 28.8 Å². The third kappa shape index (κ3) is 56.5. The smallest absolute Gasteiger partial charge is 0.466 e. The molecule has 1 N–H and O–H groups in total. The molecule has 32 heavy (non-hydrogen) atoms. The summed E-state index contributed by atoms with van der Waals surface area (Å²) in [4.78, 5) is 61.5. The Bertz CT molecular complexity index is 471. The van der Waals surface area contributed by atoms with Crippen LogP contribution in [0, 0.1) is 20.8 Å². The van der Waals surface area contributed by atoms with Gasteiger partial charge in [0, 0.05) is 23.5 Å². The fourth-order valence-corrected chi connectivity index (χ4v) is 1.12. The van der Waals surface area contributed by atoms with Crippen LogP contribution in [0.4, 0.5) is 0 Å². The van der Waals surface area contributed by atoms with Crippen molar-refractivity contribution in [3.8, 4) is 0 Å². The third-order valence-electron chi connectivity index (χ3n) is 1.94. The number of carbonyl (C=O) groups is 6. The van der Waals surface area contributed by atoms with Gasteiger partial charge in [0.15, 0.2) is 0 Å². The van der Waals surface area contributed by atoms with Crippen molar-refractivity contribution < 1.29 is 69.8 Å². The molecule has 0 fully saturated rings. The Morgan fingerprint density at radius 2 is 0.781 bits per heavy atom. The van der Waals surface area contributed by atoms with Gasteiger partial charge >= 0.3 is 39.6 Å². The Kier molecular flexibility index (Phi) is 36.0. The topological polar surface area (TPSA) is 150 Å². The SMILES string of the molecule is CC(C)O.[CH2-]C(=O)CC(=O)OCC.[CH2-]C(=O)CC(=O)OCC.[CH2-]C(=O)CC(=O)OCC.[Ti+3]. The van der Waals surface area contributed by atoms with Gasteiger partial charge in [-0.05, 0) is 34.6 Å². The second-order valence-corrected chi connectivity index (χ2v) is 5.66. The number of hydrogen-bond donors (Lipinski definition) is 1. The maximum Gasteiger partial charge on any atom is 3.00 e. The van der Waals surface area contributed by atoms with E-state index in [4.69, 9.17) is 5.11 Å². The molecule has 0 aromatic heterocycles. The number of rotatable bonds is 9. The van der Waals surface area contributed by atoms with Crippen LogP contribution in [0.2, 0.25) is 0 Å². The zero-order valence-electron chi connectivity index (χ0n) is 19.6. The fourth-order valence-electron chi connectivity index (χ4n) is 1.12. The monoisotopic (exact) mass is 495 g/mol. The van der Waals surface area contributed by atoms with Crippen molar-refractivity contribution in [1.82, 2.24) is 0 Å². The van der Waals surface area contributed by atoms with Gasteiger partial charge in [-0.25, -0.2) is 0 Å². The minimum atomic E-state index is -0.502. The van der Waals surface area contributed by atoms with Gasteiger partial charge in [-0.15, -0.1) is 0 Å². The van der Waals surface area contributed by atoms with Crippen LogP contribution in [0.5, 0.6) is 0 Å². The Balaban J connectivity index is -0.000000104. The van der Waals surface area contributed by atoms with Gasteiger partial charge in [0.05, 0.1) is 39.1 Å². The van der Waals surface area contributed by atoms with E-state index in [0.717, 1.165) is 0 Å². The van der Waals surface area contributed by atoms with Crippen molar-refractivity contribution in [1.29, 1.82) is 0 Å². The summed E-state index contributed by atoms with van der Waals surface area (Å²) >= 11 is 0. The molecule has 0 aliphatic carbocycles. The Morgan fingerprint density at radius 1 is 0.625 bits per heavy atom. The van der Waals surface area contributed by atoms with Gasteiger partial charge in [-0.1, -0.05) is 0 Å². The molecule has 0 bridgehead atoms. The summed E-state index contributed by atoms with van der Waals surface area (Å²) in [5, 5.41) is 8.06. The largest absolute Gasteiger partial charge is 3.00 e. The maximum atomic E-state index is 10.4. The molecule has 0 saturated carbocycles. The predicted octanol–water partition coefficient (Wildman–Crippen LogP) is 1.41. The Labute approximate surface area is 205 Å². The number of Topliss-reactive ketones (excluding diaryl/α,β-unsaturated/α-hetero) is 3. The molecule has 0 aliphatic heterocycles. The van der Waals surface area contributed by atoms with Crippen LogP contribution in [0.1, 0.15) is 53.9 Å². The first kappa shape index (κ1) is 40.1. The summed E-state index contributed by atoms with van der Waals surface area (Å²) in [6, 6.07) is 0. The van der Waals surface area contributed by atoms with Crippen molar-refractivity contribution in [3.63, 3.8) is 0 Å². The van der Waals surface area contributed by atoms with Gasteiger partial charge in [-0.2, -0.15) is 0 Å². The number of ether oxygens (including phenoxy) is 3. The van der Waals surface area contributed by atoms with Crippen LogP contribution in [-0.2, 0) is 64.7 Å². The molecule has 0 atom stereocenters. The summed E-state index contributed by atoms with van der Waals surface area (Å²) in [6.45, 7) is 18.5. The average molecular weight is 495 g/mol. The van der Waals surface area contributed by atoms with Crippen molar-refractivity contribution in [2.24, 2.45) is 0 Å². The van der Waals surface area contributed by atoms with Crippen molar-refractivity contribution in [2.75, 3.05) is 19.8 Å². The average Bonchev–Trinajstić information content (AvgIpc) is 2.53. The zero-order valence-corrected chi connectivity index (χ0v) is 21.1. The third-order valence-corrected chi connectivity index (χ3v) is 1.94. The van der Waals surface area contributed by atoms with E-state index in [1.165, 1.54) is 0 Å². The van der Waals surface area contributed by atoms with E-state index >= 15 is 0 Å². The van der Waals surface area contributed by atoms with Crippen LogP contribution in [-0.4, -0.2) is 66.3 Å². The van der Waals surface area contributed by atoms with E-state index in [1.54, 1.807) is 34.6 Å². The van der Waals surface area contributed by atoms with Crippen molar-refractivity contribution in [3.05, 3.63) is 20.8 Å². The van der Waals surface area contributed by atoms with E-state index in [-0.39, 0.29) is 47.1 Å². The first-order valence-electron chi connectivity index (χ1n) is 9.42. The van der Waals surface area contributed by atoms with Crippen molar-refractivity contribution in [2.45, 2.75) is 60.0 Å². The molecule has 0 amide bonds. The molecule has 183 valence electrons. The van der Waals surface area contributed by atoms with Crippen LogP contribution >= 0.6 is 0 Å². The minimum Gasteiger partial charge on any atom is -0.466 e. The van der Waals surface area contributed by atoms with E-state index in [0.29, 0.717) is 19.8 Å². The van der Waals surface area contributed by atoms with E-state index in [2.05, 4.69) is 35.0 Å².